The number of amides is 1. The van der Waals surface area contributed by atoms with Gasteiger partial charge in [-0.05, 0) is 61.6 Å². The van der Waals surface area contributed by atoms with Crippen molar-refractivity contribution >= 4 is 5.91 Å². The highest BCUT2D eigenvalue weighted by Gasteiger charge is 2.18. The molecule has 2 aromatic rings. The van der Waals surface area contributed by atoms with Gasteiger partial charge in [0.2, 0.25) is 0 Å². The smallest absolute Gasteiger partial charge is 0.261 e. The average molecular weight is 311 g/mol. The van der Waals surface area contributed by atoms with Crippen molar-refractivity contribution in [2.24, 2.45) is 0 Å². The van der Waals surface area contributed by atoms with Crippen LogP contribution in [-0.4, -0.2) is 12.0 Å². The molecular weight excluding hydrogens is 286 g/mol. The van der Waals surface area contributed by atoms with Gasteiger partial charge in [0.25, 0.3) is 5.91 Å². The summed E-state index contributed by atoms with van der Waals surface area (Å²) in [5, 5.41) is 2.97. The van der Waals surface area contributed by atoms with E-state index in [2.05, 4.69) is 12.2 Å². The summed E-state index contributed by atoms with van der Waals surface area (Å²) in [5.74, 6) is 0.667. The second-order valence-electron chi connectivity index (χ2n) is 5.91. The van der Waals surface area contributed by atoms with Gasteiger partial charge in [0.05, 0.1) is 0 Å². The number of carbonyl (C=O) groups excluding carboxylic acids is 1. The highest BCUT2D eigenvalue weighted by Crippen LogP contribution is 2.18. The predicted molar refractivity (Wildman–Crippen MR) is 93.6 cm³/mol. The van der Waals surface area contributed by atoms with Crippen molar-refractivity contribution in [3.63, 3.8) is 0 Å². The Bertz CT molecular complexity index is 679. The Kier molecular flexibility index (Phi) is 5.80. The first-order valence-electron chi connectivity index (χ1n) is 8.07. The van der Waals surface area contributed by atoms with Gasteiger partial charge in [-0.2, -0.15) is 0 Å². The van der Waals surface area contributed by atoms with Gasteiger partial charge >= 0.3 is 0 Å². The molecule has 1 amide bonds. The van der Waals surface area contributed by atoms with Crippen LogP contribution in [0, 0.1) is 20.8 Å². The Labute approximate surface area is 138 Å². The molecule has 122 valence electrons. The third-order valence-electron chi connectivity index (χ3n) is 4.13. The van der Waals surface area contributed by atoms with Crippen LogP contribution in [0.5, 0.6) is 5.75 Å². The highest BCUT2D eigenvalue weighted by atomic mass is 16.5. The number of carbonyl (C=O) groups is 1. The Morgan fingerprint density at radius 3 is 2.43 bits per heavy atom. The molecule has 0 bridgehead atoms. The third-order valence-corrected chi connectivity index (χ3v) is 4.13. The van der Waals surface area contributed by atoms with E-state index in [1.54, 1.807) is 0 Å². The topological polar surface area (TPSA) is 38.3 Å². The molecule has 0 spiro atoms. The van der Waals surface area contributed by atoms with Crippen molar-refractivity contribution in [1.82, 2.24) is 5.32 Å². The van der Waals surface area contributed by atoms with Crippen LogP contribution < -0.4 is 10.1 Å². The van der Waals surface area contributed by atoms with Gasteiger partial charge in [0.15, 0.2) is 6.10 Å². The lowest BCUT2D eigenvalue weighted by atomic mass is 10.1. The maximum atomic E-state index is 12.4. The van der Waals surface area contributed by atoms with Gasteiger partial charge in [0.1, 0.15) is 5.75 Å². The van der Waals surface area contributed by atoms with Crippen LogP contribution in [-0.2, 0) is 11.3 Å². The molecule has 0 radical (unpaired) electrons. The first-order chi connectivity index (χ1) is 11.0. The lowest BCUT2D eigenvalue weighted by Gasteiger charge is -2.18. The van der Waals surface area contributed by atoms with Crippen LogP contribution in [0.1, 0.15) is 35.6 Å². The van der Waals surface area contributed by atoms with Crippen molar-refractivity contribution < 1.29 is 9.53 Å². The summed E-state index contributed by atoms with van der Waals surface area (Å²) in [6, 6.07) is 14.0. The molecule has 0 heterocycles. The van der Waals surface area contributed by atoms with E-state index >= 15 is 0 Å². The third kappa shape index (κ3) is 4.59. The molecule has 2 aromatic carbocycles. The van der Waals surface area contributed by atoms with Gasteiger partial charge in [-0.3, -0.25) is 4.79 Å². The molecule has 0 saturated carbocycles. The molecular formula is C20H25NO2. The maximum absolute atomic E-state index is 12.4. The summed E-state index contributed by atoms with van der Waals surface area (Å²) in [7, 11) is 0. The molecule has 0 saturated heterocycles. The monoisotopic (exact) mass is 311 g/mol. The summed E-state index contributed by atoms with van der Waals surface area (Å²) < 4.78 is 5.87. The minimum absolute atomic E-state index is 0.0750. The minimum atomic E-state index is -0.471. The van der Waals surface area contributed by atoms with Gasteiger partial charge in [-0.15, -0.1) is 0 Å². The summed E-state index contributed by atoms with van der Waals surface area (Å²) in [6.07, 6.45) is 0.160. The van der Waals surface area contributed by atoms with E-state index in [0.29, 0.717) is 13.0 Å². The molecule has 1 atom stereocenters. The molecule has 0 aliphatic carbocycles. The lowest BCUT2D eigenvalue weighted by molar-refractivity contribution is -0.128. The molecule has 3 nitrogen and oxygen atoms in total. The van der Waals surface area contributed by atoms with Crippen molar-refractivity contribution in [3.05, 3.63) is 64.7 Å². The summed E-state index contributed by atoms with van der Waals surface area (Å²) in [6.45, 7) is 8.63. The Balaban J connectivity index is 1.98. The zero-order chi connectivity index (χ0) is 16.8. The van der Waals surface area contributed by atoms with Crippen LogP contribution in [0.4, 0.5) is 0 Å². The number of rotatable bonds is 6. The van der Waals surface area contributed by atoms with Crippen LogP contribution in [0.25, 0.3) is 0 Å². The number of nitrogens with one attached hydrogen (secondary N) is 1. The molecule has 0 fully saturated rings. The fourth-order valence-corrected chi connectivity index (χ4v) is 2.38. The molecule has 0 unspecified atom stereocenters. The number of hydrogen-bond donors (Lipinski definition) is 1. The van der Waals surface area contributed by atoms with Gasteiger partial charge in [-0.1, -0.05) is 37.3 Å². The minimum Gasteiger partial charge on any atom is -0.481 e. The zero-order valence-electron chi connectivity index (χ0n) is 14.3. The second kappa shape index (κ2) is 7.82. The summed E-state index contributed by atoms with van der Waals surface area (Å²) in [4.78, 5) is 12.4. The molecule has 0 aliphatic heterocycles. The van der Waals surface area contributed by atoms with Crippen LogP contribution in [0.2, 0.25) is 0 Å². The molecule has 23 heavy (non-hydrogen) atoms. The predicted octanol–water partition coefficient (Wildman–Crippen LogP) is 4.09. The number of ether oxygens (including phenoxy) is 1. The van der Waals surface area contributed by atoms with Crippen molar-refractivity contribution in [3.8, 4) is 5.75 Å². The molecule has 2 rings (SSSR count). The van der Waals surface area contributed by atoms with E-state index in [9.17, 15) is 4.79 Å². The maximum Gasteiger partial charge on any atom is 0.261 e. The number of hydrogen-bond acceptors (Lipinski definition) is 2. The highest BCUT2D eigenvalue weighted by molar-refractivity contribution is 5.81. The number of aryl methyl sites for hydroxylation is 3. The second-order valence-corrected chi connectivity index (χ2v) is 5.91. The fraction of sp³-hybridized carbons (Fsp3) is 0.350. The molecule has 1 N–H and O–H groups in total. The van der Waals surface area contributed by atoms with Gasteiger partial charge < -0.3 is 10.1 Å². The van der Waals surface area contributed by atoms with Gasteiger partial charge in [-0.25, -0.2) is 0 Å². The van der Waals surface area contributed by atoms with E-state index in [-0.39, 0.29) is 5.91 Å². The SMILES string of the molecule is CC[C@H](Oc1ccc(C)c(C)c1)C(=O)NCc1ccccc1C. The van der Waals surface area contributed by atoms with E-state index in [1.165, 1.54) is 11.1 Å². The Hall–Kier alpha value is -2.29. The first kappa shape index (κ1) is 17.1. The largest absolute Gasteiger partial charge is 0.481 e. The summed E-state index contributed by atoms with van der Waals surface area (Å²) >= 11 is 0. The van der Waals surface area contributed by atoms with E-state index in [1.807, 2.05) is 63.2 Å². The van der Waals surface area contributed by atoms with Crippen molar-refractivity contribution in [2.45, 2.75) is 46.8 Å². The van der Waals surface area contributed by atoms with E-state index < -0.39 is 6.10 Å². The zero-order valence-corrected chi connectivity index (χ0v) is 14.3. The average Bonchev–Trinajstić information content (AvgIpc) is 2.54. The molecule has 3 heteroatoms. The normalized spacial score (nSPS) is 11.8. The van der Waals surface area contributed by atoms with Crippen LogP contribution in [0.3, 0.4) is 0 Å². The lowest BCUT2D eigenvalue weighted by Crippen LogP contribution is -2.37. The Morgan fingerprint density at radius 2 is 1.78 bits per heavy atom. The van der Waals surface area contributed by atoms with Crippen LogP contribution in [0.15, 0.2) is 42.5 Å². The Morgan fingerprint density at radius 1 is 1.04 bits per heavy atom. The van der Waals surface area contributed by atoms with Crippen LogP contribution >= 0.6 is 0 Å². The summed E-state index contributed by atoms with van der Waals surface area (Å²) in [5.41, 5.74) is 4.69. The van der Waals surface area contributed by atoms with E-state index in [0.717, 1.165) is 16.9 Å². The quantitative estimate of drug-likeness (QED) is 0.872. The van der Waals surface area contributed by atoms with Gasteiger partial charge in [0, 0.05) is 6.54 Å². The molecule has 0 aliphatic rings. The number of benzene rings is 2. The van der Waals surface area contributed by atoms with Crippen molar-refractivity contribution in [2.75, 3.05) is 0 Å². The standard InChI is InChI=1S/C20H25NO2/c1-5-19(23-18-11-10-14(2)16(4)12-18)20(22)21-13-17-9-7-6-8-15(17)3/h6-12,19H,5,13H2,1-4H3,(H,21,22)/t19-/m0/s1. The fourth-order valence-electron chi connectivity index (χ4n) is 2.38. The van der Waals surface area contributed by atoms with Crippen molar-refractivity contribution in [1.29, 1.82) is 0 Å². The first-order valence-corrected chi connectivity index (χ1v) is 8.07. The molecule has 0 aromatic heterocycles. The van der Waals surface area contributed by atoms with E-state index in [4.69, 9.17) is 4.74 Å².